The average Bonchev–Trinajstić information content (AvgIpc) is 2.58. The van der Waals surface area contributed by atoms with E-state index < -0.39 is 0 Å². The number of carbonyl (C=O) groups excluding carboxylic acids is 1. The maximum atomic E-state index is 12.3. The Labute approximate surface area is 139 Å². The molecule has 3 rings (SSSR count). The molecule has 0 bridgehead atoms. The van der Waals surface area contributed by atoms with Crippen LogP contribution in [0.5, 0.6) is 0 Å². The van der Waals surface area contributed by atoms with Gasteiger partial charge in [-0.3, -0.25) is 9.59 Å². The van der Waals surface area contributed by atoms with Crippen LogP contribution in [0.3, 0.4) is 0 Å². The minimum Gasteiger partial charge on any atom is -0.348 e. The molecule has 3 aromatic rings. The lowest BCUT2D eigenvalue weighted by molar-refractivity contribution is -0.122. The van der Waals surface area contributed by atoms with Gasteiger partial charge in [0, 0.05) is 0 Å². The lowest BCUT2D eigenvalue weighted by Crippen LogP contribution is -2.35. The summed E-state index contributed by atoms with van der Waals surface area (Å²) in [6, 6.07) is 14.7. The second-order valence-electron chi connectivity index (χ2n) is 5.77. The molecule has 0 unspecified atom stereocenters. The van der Waals surface area contributed by atoms with Gasteiger partial charge in [0.15, 0.2) is 0 Å². The Morgan fingerprint density at radius 1 is 1.17 bits per heavy atom. The van der Waals surface area contributed by atoms with Crippen molar-refractivity contribution in [1.29, 1.82) is 0 Å². The molecule has 0 radical (unpaired) electrons. The normalized spacial score (nSPS) is 12.1. The van der Waals surface area contributed by atoms with Crippen LogP contribution in [0.2, 0.25) is 0 Å². The molecule has 1 amide bonds. The third-order valence-corrected chi connectivity index (χ3v) is 3.88. The standard InChI is InChI=1S/C18H18N4O2/c1-12-7-9-14(10-8-12)13(2)19-17(23)11-22-18(24)15-5-3-4-6-16(15)20-21-22/h3-10,13H,11H2,1-2H3,(H,19,23)/t13-/m1/s1. The summed E-state index contributed by atoms with van der Waals surface area (Å²) in [7, 11) is 0. The molecule has 0 aliphatic carbocycles. The SMILES string of the molecule is Cc1ccc([C@@H](C)NC(=O)Cn2nnc3ccccc3c2=O)cc1. The van der Waals surface area contributed by atoms with E-state index in [4.69, 9.17) is 0 Å². The predicted molar refractivity (Wildman–Crippen MR) is 91.5 cm³/mol. The highest BCUT2D eigenvalue weighted by Gasteiger charge is 2.12. The van der Waals surface area contributed by atoms with Crippen LogP contribution in [0.25, 0.3) is 10.9 Å². The van der Waals surface area contributed by atoms with Crippen molar-refractivity contribution in [2.75, 3.05) is 0 Å². The number of nitrogens with one attached hydrogen (secondary N) is 1. The smallest absolute Gasteiger partial charge is 0.278 e. The van der Waals surface area contributed by atoms with Crippen molar-refractivity contribution in [3.05, 3.63) is 70.0 Å². The Morgan fingerprint density at radius 3 is 2.62 bits per heavy atom. The van der Waals surface area contributed by atoms with E-state index in [0.29, 0.717) is 10.9 Å². The summed E-state index contributed by atoms with van der Waals surface area (Å²) < 4.78 is 1.08. The number of aromatic nitrogens is 3. The zero-order chi connectivity index (χ0) is 17.1. The van der Waals surface area contributed by atoms with E-state index in [1.807, 2.05) is 38.1 Å². The van der Waals surface area contributed by atoms with E-state index >= 15 is 0 Å². The van der Waals surface area contributed by atoms with Gasteiger partial charge in [-0.15, -0.1) is 5.10 Å². The Hall–Kier alpha value is -3.02. The molecule has 122 valence electrons. The minimum absolute atomic E-state index is 0.151. The summed E-state index contributed by atoms with van der Waals surface area (Å²) >= 11 is 0. The van der Waals surface area contributed by atoms with Crippen LogP contribution in [0.4, 0.5) is 0 Å². The summed E-state index contributed by atoms with van der Waals surface area (Å²) in [5.41, 5.74) is 2.37. The second-order valence-corrected chi connectivity index (χ2v) is 5.77. The van der Waals surface area contributed by atoms with Gasteiger partial charge in [0.05, 0.1) is 11.4 Å². The van der Waals surface area contributed by atoms with Crippen molar-refractivity contribution in [2.24, 2.45) is 0 Å². The molecular formula is C18H18N4O2. The molecule has 0 saturated heterocycles. The van der Waals surface area contributed by atoms with E-state index in [1.165, 1.54) is 0 Å². The van der Waals surface area contributed by atoms with Gasteiger partial charge in [0.25, 0.3) is 5.56 Å². The van der Waals surface area contributed by atoms with Crippen LogP contribution in [0, 0.1) is 6.92 Å². The van der Waals surface area contributed by atoms with Gasteiger partial charge in [-0.1, -0.05) is 47.2 Å². The van der Waals surface area contributed by atoms with Crippen molar-refractivity contribution in [3.63, 3.8) is 0 Å². The molecule has 0 spiro atoms. The van der Waals surface area contributed by atoms with E-state index in [1.54, 1.807) is 24.3 Å². The third-order valence-electron chi connectivity index (χ3n) is 3.88. The first-order valence-electron chi connectivity index (χ1n) is 7.73. The minimum atomic E-state index is -0.321. The van der Waals surface area contributed by atoms with Crippen molar-refractivity contribution in [3.8, 4) is 0 Å². The highest BCUT2D eigenvalue weighted by Crippen LogP contribution is 2.12. The highest BCUT2D eigenvalue weighted by molar-refractivity contribution is 5.78. The first-order valence-corrected chi connectivity index (χ1v) is 7.73. The fraction of sp³-hybridized carbons (Fsp3) is 0.222. The Morgan fingerprint density at radius 2 is 1.88 bits per heavy atom. The molecule has 24 heavy (non-hydrogen) atoms. The van der Waals surface area contributed by atoms with Crippen molar-refractivity contribution < 1.29 is 4.79 Å². The molecule has 0 saturated carbocycles. The van der Waals surface area contributed by atoms with E-state index in [0.717, 1.165) is 15.8 Å². The summed E-state index contributed by atoms with van der Waals surface area (Å²) in [6.45, 7) is 3.75. The van der Waals surface area contributed by atoms with Gasteiger partial charge >= 0.3 is 0 Å². The maximum absolute atomic E-state index is 12.3. The van der Waals surface area contributed by atoms with Crippen LogP contribution in [0.1, 0.15) is 24.1 Å². The van der Waals surface area contributed by atoms with Crippen LogP contribution in [-0.4, -0.2) is 20.9 Å². The Kier molecular flexibility index (Phi) is 4.37. The summed E-state index contributed by atoms with van der Waals surface area (Å²) in [5, 5.41) is 11.1. The molecule has 0 aliphatic rings. The molecule has 2 aromatic carbocycles. The van der Waals surface area contributed by atoms with Crippen LogP contribution >= 0.6 is 0 Å². The van der Waals surface area contributed by atoms with Gasteiger partial charge in [-0.25, -0.2) is 4.68 Å². The van der Waals surface area contributed by atoms with Gasteiger partial charge < -0.3 is 5.32 Å². The summed E-state index contributed by atoms with van der Waals surface area (Å²) in [5.74, 6) is -0.283. The monoisotopic (exact) mass is 322 g/mol. The fourth-order valence-corrected chi connectivity index (χ4v) is 2.49. The molecule has 1 aromatic heterocycles. The molecule has 1 atom stereocenters. The molecule has 6 nitrogen and oxygen atoms in total. The first kappa shape index (κ1) is 15.9. The van der Waals surface area contributed by atoms with Gasteiger partial charge in [-0.2, -0.15) is 0 Å². The van der Waals surface area contributed by atoms with Crippen molar-refractivity contribution in [2.45, 2.75) is 26.4 Å². The number of benzene rings is 2. The Balaban J connectivity index is 1.74. The molecule has 0 fully saturated rings. The Bertz CT molecular complexity index is 932. The lowest BCUT2D eigenvalue weighted by Gasteiger charge is -2.14. The van der Waals surface area contributed by atoms with Crippen LogP contribution in [0.15, 0.2) is 53.3 Å². The number of carbonyl (C=O) groups is 1. The molecule has 0 aliphatic heterocycles. The highest BCUT2D eigenvalue weighted by atomic mass is 16.2. The number of nitrogens with zero attached hydrogens (tertiary/aromatic N) is 3. The molecule has 1 N–H and O–H groups in total. The topological polar surface area (TPSA) is 76.9 Å². The number of amides is 1. The average molecular weight is 322 g/mol. The summed E-state index contributed by atoms with van der Waals surface area (Å²) in [6.07, 6.45) is 0. The third kappa shape index (κ3) is 3.32. The lowest BCUT2D eigenvalue weighted by atomic mass is 10.1. The maximum Gasteiger partial charge on any atom is 0.278 e. The van der Waals surface area contributed by atoms with Gasteiger partial charge in [0.2, 0.25) is 5.91 Å². The van der Waals surface area contributed by atoms with Crippen molar-refractivity contribution >= 4 is 16.8 Å². The van der Waals surface area contributed by atoms with E-state index in [2.05, 4.69) is 15.6 Å². The number of aryl methyl sites for hydroxylation is 1. The fourth-order valence-electron chi connectivity index (χ4n) is 2.49. The van der Waals surface area contributed by atoms with E-state index in [9.17, 15) is 9.59 Å². The van der Waals surface area contributed by atoms with Crippen LogP contribution < -0.4 is 10.9 Å². The number of hydrogen-bond donors (Lipinski definition) is 1. The first-order chi connectivity index (χ1) is 11.5. The molecule has 1 heterocycles. The van der Waals surface area contributed by atoms with Crippen LogP contribution in [-0.2, 0) is 11.3 Å². The zero-order valence-electron chi connectivity index (χ0n) is 13.6. The largest absolute Gasteiger partial charge is 0.348 e. The number of fused-ring (bicyclic) bond motifs is 1. The predicted octanol–water partition coefficient (Wildman–Crippen LogP) is 1.98. The van der Waals surface area contributed by atoms with Gasteiger partial charge in [0.1, 0.15) is 12.1 Å². The zero-order valence-corrected chi connectivity index (χ0v) is 13.6. The quantitative estimate of drug-likeness (QED) is 0.797. The summed E-state index contributed by atoms with van der Waals surface area (Å²) in [4.78, 5) is 24.6. The molecular weight excluding hydrogens is 304 g/mol. The number of hydrogen-bond acceptors (Lipinski definition) is 4. The van der Waals surface area contributed by atoms with Crippen molar-refractivity contribution in [1.82, 2.24) is 20.3 Å². The van der Waals surface area contributed by atoms with E-state index in [-0.39, 0.29) is 24.1 Å². The number of rotatable bonds is 4. The van der Waals surface area contributed by atoms with Gasteiger partial charge in [-0.05, 0) is 31.5 Å². The molecule has 6 heteroatoms. The second kappa shape index (κ2) is 6.62.